The monoisotopic (exact) mass is 419 g/mol. The molecule has 0 saturated carbocycles. The number of nitrogens with one attached hydrogen (secondary N) is 1. The van der Waals surface area contributed by atoms with Gasteiger partial charge in [-0.15, -0.1) is 0 Å². The third kappa shape index (κ3) is 3.93. The Hall–Kier alpha value is -2.83. The number of hydrogen-bond donors (Lipinski definition) is 1. The molecule has 0 unspecified atom stereocenters. The number of nitrogens with zero attached hydrogens (tertiary/aromatic N) is 2. The number of carbonyl (C=O) groups is 1. The van der Waals surface area contributed by atoms with E-state index in [9.17, 15) is 4.79 Å². The minimum Gasteiger partial charge on any atom is -0.491 e. The Morgan fingerprint density at radius 2 is 1.90 bits per heavy atom. The lowest BCUT2D eigenvalue weighted by Crippen LogP contribution is -2.35. The summed E-state index contributed by atoms with van der Waals surface area (Å²) in [6, 6.07) is 12.3. The summed E-state index contributed by atoms with van der Waals surface area (Å²) in [5.41, 5.74) is 6.27. The zero-order valence-corrected chi connectivity index (χ0v) is 18.2. The molecular formula is C25H29N3O3. The van der Waals surface area contributed by atoms with Crippen LogP contribution in [-0.2, 0) is 17.8 Å². The first-order chi connectivity index (χ1) is 15.1. The lowest BCUT2D eigenvalue weighted by molar-refractivity contribution is 0.0341. The Morgan fingerprint density at radius 1 is 1.06 bits per heavy atom. The number of rotatable bonds is 3. The number of hydrogen-bond acceptors (Lipinski definition) is 4. The highest BCUT2D eigenvalue weighted by atomic mass is 16.5. The number of para-hydroxylation sites is 1. The molecule has 1 fully saturated rings. The smallest absolute Gasteiger partial charge is 0.256 e. The minimum atomic E-state index is 0.0434. The molecule has 1 amide bonds. The van der Waals surface area contributed by atoms with E-state index in [1.165, 1.54) is 11.1 Å². The Morgan fingerprint density at radius 3 is 2.74 bits per heavy atom. The van der Waals surface area contributed by atoms with Gasteiger partial charge in [-0.2, -0.15) is 0 Å². The molecule has 162 valence electrons. The van der Waals surface area contributed by atoms with Gasteiger partial charge in [-0.3, -0.25) is 9.69 Å². The standard InChI is InChI=1S/C25H29N3O3/c1-17-18(2)26-24-21(17)4-3-5-22(24)25(29)28-10-13-31-23-7-6-19(14-20(23)16-28)15-27-8-11-30-12-9-27/h3-7,14,26H,8-13,15-16H2,1-2H3. The van der Waals surface area contributed by atoms with E-state index in [0.29, 0.717) is 19.7 Å². The molecule has 31 heavy (non-hydrogen) atoms. The fourth-order valence-corrected chi connectivity index (χ4v) is 4.57. The van der Waals surface area contributed by atoms with Crippen molar-refractivity contribution < 1.29 is 14.3 Å². The molecule has 2 aromatic carbocycles. The van der Waals surface area contributed by atoms with Gasteiger partial charge in [0.15, 0.2) is 0 Å². The maximum absolute atomic E-state index is 13.5. The second-order valence-electron chi connectivity index (χ2n) is 8.51. The van der Waals surface area contributed by atoms with E-state index in [1.54, 1.807) is 0 Å². The molecule has 2 aliphatic heterocycles. The van der Waals surface area contributed by atoms with Crippen molar-refractivity contribution in [1.29, 1.82) is 0 Å². The zero-order valence-electron chi connectivity index (χ0n) is 18.2. The quantitative estimate of drug-likeness (QED) is 0.704. The Kier molecular flexibility index (Phi) is 5.42. The maximum Gasteiger partial charge on any atom is 0.256 e. The molecule has 1 N–H and O–H groups in total. The molecule has 2 aliphatic rings. The van der Waals surface area contributed by atoms with Crippen molar-refractivity contribution in [2.45, 2.75) is 26.9 Å². The Labute approximate surface area is 182 Å². The average molecular weight is 420 g/mol. The predicted molar refractivity (Wildman–Crippen MR) is 121 cm³/mol. The van der Waals surface area contributed by atoms with Crippen LogP contribution in [0.1, 0.15) is 32.7 Å². The number of H-pyrrole nitrogens is 1. The van der Waals surface area contributed by atoms with Crippen molar-refractivity contribution in [3.8, 4) is 5.75 Å². The summed E-state index contributed by atoms with van der Waals surface area (Å²) in [6.07, 6.45) is 0. The van der Waals surface area contributed by atoms with Gasteiger partial charge in [-0.05, 0) is 43.2 Å². The van der Waals surface area contributed by atoms with Gasteiger partial charge in [-0.1, -0.05) is 18.2 Å². The SMILES string of the molecule is Cc1[nH]c2c(C(=O)N3CCOc4ccc(CN5CCOCC5)cc4C3)cccc2c1C. The number of fused-ring (bicyclic) bond motifs is 2. The van der Waals surface area contributed by atoms with Gasteiger partial charge < -0.3 is 19.4 Å². The molecule has 3 aromatic rings. The van der Waals surface area contributed by atoms with Gasteiger partial charge in [0, 0.05) is 42.8 Å². The average Bonchev–Trinajstić information content (AvgIpc) is 2.96. The number of ether oxygens (including phenoxy) is 2. The summed E-state index contributed by atoms with van der Waals surface area (Å²) >= 11 is 0. The third-order valence-corrected chi connectivity index (χ3v) is 6.48. The van der Waals surface area contributed by atoms with Crippen LogP contribution in [0.3, 0.4) is 0 Å². The van der Waals surface area contributed by atoms with Crippen LogP contribution < -0.4 is 4.74 Å². The van der Waals surface area contributed by atoms with E-state index in [0.717, 1.165) is 66.3 Å². The summed E-state index contributed by atoms with van der Waals surface area (Å²) in [5, 5.41) is 1.11. The first-order valence-electron chi connectivity index (χ1n) is 11.0. The number of amides is 1. The van der Waals surface area contributed by atoms with Crippen LogP contribution in [0.4, 0.5) is 0 Å². The number of aryl methyl sites for hydroxylation is 2. The van der Waals surface area contributed by atoms with Gasteiger partial charge in [0.25, 0.3) is 5.91 Å². The van der Waals surface area contributed by atoms with Gasteiger partial charge in [0.1, 0.15) is 12.4 Å². The van der Waals surface area contributed by atoms with Crippen LogP contribution in [0.15, 0.2) is 36.4 Å². The fourth-order valence-electron chi connectivity index (χ4n) is 4.57. The summed E-state index contributed by atoms with van der Waals surface area (Å²) in [4.78, 5) is 21.2. The summed E-state index contributed by atoms with van der Waals surface area (Å²) < 4.78 is 11.4. The number of morpholine rings is 1. The van der Waals surface area contributed by atoms with Gasteiger partial charge in [0.2, 0.25) is 0 Å². The second-order valence-corrected chi connectivity index (χ2v) is 8.51. The molecule has 1 saturated heterocycles. The van der Waals surface area contributed by atoms with Crippen LogP contribution >= 0.6 is 0 Å². The first-order valence-corrected chi connectivity index (χ1v) is 11.0. The highest BCUT2D eigenvalue weighted by molar-refractivity contribution is 6.06. The first kappa shape index (κ1) is 20.1. The summed E-state index contributed by atoms with van der Waals surface area (Å²) in [5.74, 6) is 0.924. The van der Waals surface area contributed by atoms with Crippen molar-refractivity contribution in [3.63, 3.8) is 0 Å². The van der Waals surface area contributed by atoms with E-state index in [-0.39, 0.29) is 5.91 Å². The van der Waals surface area contributed by atoms with Gasteiger partial charge >= 0.3 is 0 Å². The van der Waals surface area contributed by atoms with Gasteiger partial charge in [0.05, 0.1) is 30.8 Å². The largest absolute Gasteiger partial charge is 0.491 e. The van der Waals surface area contributed by atoms with Crippen LogP contribution in [0.5, 0.6) is 5.75 Å². The Bertz CT molecular complexity index is 1110. The summed E-state index contributed by atoms with van der Waals surface area (Å²) in [6.45, 7) is 10.2. The van der Waals surface area contributed by atoms with Crippen molar-refractivity contribution in [2.24, 2.45) is 0 Å². The molecule has 6 heteroatoms. The molecule has 0 atom stereocenters. The van der Waals surface area contributed by atoms with Gasteiger partial charge in [-0.25, -0.2) is 0 Å². The van der Waals surface area contributed by atoms with Crippen molar-refractivity contribution in [1.82, 2.24) is 14.8 Å². The van der Waals surface area contributed by atoms with Crippen LogP contribution in [0.2, 0.25) is 0 Å². The number of carbonyl (C=O) groups excluding carboxylic acids is 1. The number of aromatic amines is 1. The highest BCUT2D eigenvalue weighted by Crippen LogP contribution is 2.28. The molecule has 1 aromatic heterocycles. The van der Waals surface area contributed by atoms with E-state index < -0.39 is 0 Å². The van der Waals surface area contributed by atoms with Crippen LogP contribution in [-0.4, -0.2) is 60.1 Å². The molecule has 0 radical (unpaired) electrons. The topological polar surface area (TPSA) is 57.8 Å². The minimum absolute atomic E-state index is 0.0434. The molecule has 0 bridgehead atoms. The Balaban J connectivity index is 1.40. The molecule has 6 nitrogen and oxygen atoms in total. The third-order valence-electron chi connectivity index (χ3n) is 6.48. The van der Waals surface area contributed by atoms with E-state index in [1.807, 2.05) is 17.0 Å². The molecule has 3 heterocycles. The predicted octanol–water partition coefficient (Wildman–Crippen LogP) is 3.65. The van der Waals surface area contributed by atoms with Crippen molar-refractivity contribution in [3.05, 3.63) is 64.3 Å². The van der Waals surface area contributed by atoms with Crippen LogP contribution in [0.25, 0.3) is 10.9 Å². The fraction of sp³-hybridized carbons (Fsp3) is 0.400. The molecule has 0 aliphatic carbocycles. The normalized spacial score (nSPS) is 17.3. The highest BCUT2D eigenvalue weighted by Gasteiger charge is 2.24. The number of aromatic nitrogens is 1. The van der Waals surface area contributed by atoms with E-state index in [2.05, 4.69) is 48.0 Å². The molecule has 5 rings (SSSR count). The summed E-state index contributed by atoms with van der Waals surface area (Å²) in [7, 11) is 0. The molecular weight excluding hydrogens is 390 g/mol. The van der Waals surface area contributed by atoms with Crippen LogP contribution in [0, 0.1) is 13.8 Å². The maximum atomic E-state index is 13.5. The second kappa shape index (κ2) is 8.36. The molecule has 0 spiro atoms. The van der Waals surface area contributed by atoms with E-state index >= 15 is 0 Å². The van der Waals surface area contributed by atoms with E-state index in [4.69, 9.17) is 9.47 Å². The lowest BCUT2D eigenvalue weighted by Gasteiger charge is -2.27. The number of benzene rings is 2. The zero-order chi connectivity index (χ0) is 21.4. The lowest BCUT2D eigenvalue weighted by atomic mass is 10.1. The van der Waals surface area contributed by atoms with Crippen molar-refractivity contribution >= 4 is 16.8 Å². The van der Waals surface area contributed by atoms with Crippen molar-refractivity contribution in [2.75, 3.05) is 39.5 Å².